The minimum Gasteiger partial charge on any atom is -0.368 e. The molecule has 0 bridgehead atoms. The molecule has 4 nitrogen and oxygen atoms in total. The van der Waals surface area contributed by atoms with Crippen molar-refractivity contribution in [2.24, 2.45) is 0 Å². The third-order valence-electron chi connectivity index (χ3n) is 3.57. The summed E-state index contributed by atoms with van der Waals surface area (Å²) in [6.45, 7) is 10.4. The lowest BCUT2D eigenvalue weighted by atomic mass is 10.2. The number of nitrogens with zero attached hydrogens (tertiary/aromatic N) is 2. The molecule has 5 heteroatoms. The lowest BCUT2D eigenvalue weighted by Gasteiger charge is -2.34. The van der Waals surface area contributed by atoms with Crippen molar-refractivity contribution in [3.63, 3.8) is 0 Å². The number of thiazole rings is 1. The quantitative estimate of drug-likeness (QED) is 0.899. The van der Waals surface area contributed by atoms with E-state index < -0.39 is 0 Å². The third kappa shape index (κ3) is 3.54. The van der Waals surface area contributed by atoms with E-state index in [1.807, 2.05) is 7.05 Å². The molecule has 1 aromatic heterocycles. The molecule has 1 saturated heterocycles. The monoisotopic (exact) mass is 283 g/mol. The van der Waals surface area contributed by atoms with Crippen LogP contribution in [0.2, 0.25) is 0 Å². The van der Waals surface area contributed by atoms with E-state index in [1.165, 1.54) is 10.6 Å². The normalized spacial score (nSPS) is 21.2. The Balaban J connectivity index is 2.12. The van der Waals surface area contributed by atoms with Gasteiger partial charge in [0.25, 0.3) is 0 Å². The predicted octanol–water partition coefficient (Wildman–Crippen LogP) is 2.21. The Bertz CT molecular complexity index is 405. The molecule has 1 aliphatic heterocycles. The van der Waals surface area contributed by atoms with Crippen molar-refractivity contribution in [2.45, 2.75) is 45.9 Å². The molecule has 0 aromatic carbocycles. The summed E-state index contributed by atoms with van der Waals surface area (Å²) >= 11 is 1.80. The number of morpholine rings is 1. The van der Waals surface area contributed by atoms with Gasteiger partial charge in [-0.15, -0.1) is 11.3 Å². The average molecular weight is 283 g/mol. The second-order valence-electron chi connectivity index (χ2n) is 5.25. The van der Waals surface area contributed by atoms with E-state index in [0.29, 0.717) is 6.04 Å². The molecule has 1 aliphatic rings. The zero-order valence-corrected chi connectivity index (χ0v) is 13.2. The number of rotatable bonds is 5. The molecular weight excluding hydrogens is 258 g/mol. The fourth-order valence-electron chi connectivity index (χ4n) is 2.40. The Hall–Kier alpha value is -0.490. The molecule has 1 unspecified atom stereocenters. The van der Waals surface area contributed by atoms with Gasteiger partial charge in [0.05, 0.1) is 12.3 Å². The van der Waals surface area contributed by atoms with Crippen LogP contribution in [0, 0.1) is 0 Å². The zero-order valence-electron chi connectivity index (χ0n) is 12.4. The number of aryl methyl sites for hydroxylation is 1. The molecule has 1 N–H and O–H groups in total. The van der Waals surface area contributed by atoms with Gasteiger partial charge in [-0.05, 0) is 27.3 Å². The number of ether oxygens (including phenoxy) is 1. The highest BCUT2D eigenvalue weighted by molar-refractivity contribution is 7.11. The summed E-state index contributed by atoms with van der Waals surface area (Å²) in [4.78, 5) is 8.61. The lowest BCUT2D eigenvalue weighted by molar-refractivity contribution is -0.0403. The van der Waals surface area contributed by atoms with E-state index in [1.54, 1.807) is 11.3 Å². The Morgan fingerprint density at radius 3 is 2.95 bits per heavy atom. The number of aromatic nitrogens is 1. The van der Waals surface area contributed by atoms with Crippen molar-refractivity contribution in [1.82, 2.24) is 15.2 Å². The minimum absolute atomic E-state index is 0.150. The fraction of sp³-hybridized carbons (Fsp3) is 0.786. The van der Waals surface area contributed by atoms with Crippen molar-refractivity contribution >= 4 is 11.3 Å². The highest BCUT2D eigenvalue weighted by Gasteiger charge is 2.26. The van der Waals surface area contributed by atoms with Gasteiger partial charge >= 0.3 is 0 Å². The summed E-state index contributed by atoms with van der Waals surface area (Å²) in [5.74, 6) is 0. The first kappa shape index (κ1) is 14.9. The smallest absolute Gasteiger partial charge is 0.123 e. The van der Waals surface area contributed by atoms with Crippen LogP contribution in [0.3, 0.4) is 0 Å². The van der Waals surface area contributed by atoms with E-state index in [2.05, 4.69) is 31.0 Å². The van der Waals surface area contributed by atoms with Gasteiger partial charge in [-0.25, -0.2) is 4.98 Å². The Morgan fingerprint density at radius 1 is 1.53 bits per heavy atom. The van der Waals surface area contributed by atoms with Crippen LogP contribution in [0.5, 0.6) is 0 Å². The van der Waals surface area contributed by atoms with E-state index in [9.17, 15) is 0 Å². The minimum atomic E-state index is 0.150. The fourth-order valence-corrected chi connectivity index (χ4v) is 3.61. The molecule has 0 radical (unpaired) electrons. The first-order chi connectivity index (χ1) is 9.15. The van der Waals surface area contributed by atoms with Crippen molar-refractivity contribution in [3.8, 4) is 0 Å². The maximum absolute atomic E-state index is 5.92. The summed E-state index contributed by atoms with van der Waals surface area (Å²) in [5.41, 5.74) is 1.22. The molecule has 1 aromatic rings. The summed E-state index contributed by atoms with van der Waals surface area (Å²) in [5, 5.41) is 4.37. The summed E-state index contributed by atoms with van der Waals surface area (Å²) in [6.07, 6.45) is 1.14. The second kappa shape index (κ2) is 6.79. The highest BCUT2D eigenvalue weighted by atomic mass is 32.1. The summed E-state index contributed by atoms with van der Waals surface area (Å²) in [7, 11) is 1.98. The number of hydrogen-bond donors (Lipinski definition) is 1. The van der Waals surface area contributed by atoms with Gasteiger partial charge < -0.3 is 10.1 Å². The van der Waals surface area contributed by atoms with E-state index in [4.69, 9.17) is 9.72 Å². The largest absolute Gasteiger partial charge is 0.368 e. The topological polar surface area (TPSA) is 37.4 Å². The Morgan fingerprint density at radius 2 is 2.32 bits per heavy atom. The van der Waals surface area contributed by atoms with Crippen LogP contribution >= 0.6 is 11.3 Å². The molecule has 1 fully saturated rings. The molecule has 2 heterocycles. The Kier molecular flexibility index (Phi) is 5.33. The van der Waals surface area contributed by atoms with E-state index in [-0.39, 0.29) is 6.10 Å². The van der Waals surface area contributed by atoms with Crippen LogP contribution in [0.25, 0.3) is 0 Å². The van der Waals surface area contributed by atoms with Gasteiger partial charge in [-0.1, -0.05) is 6.92 Å². The molecule has 0 aliphatic carbocycles. The van der Waals surface area contributed by atoms with Crippen LogP contribution in [0.15, 0.2) is 0 Å². The van der Waals surface area contributed by atoms with Gasteiger partial charge in [-0.3, -0.25) is 4.90 Å². The van der Waals surface area contributed by atoms with Crippen LogP contribution in [-0.4, -0.2) is 42.7 Å². The molecule has 1 atom stereocenters. The van der Waals surface area contributed by atoms with Crippen molar-refractivity contribution in [1.29, 1.82) is 0 Å². The standard InChI is InChI=1S/C14H25N3OS/c1-5-11-13(8-15-4)19-14(16-11)12-9-17(10(2)3)6-7-18-12/h10,12,15H,5-9H2,1-4H3. The molecule has 0 saturated carbocycles. The van der Waals surface area contributed by atoms with Crippen LogP contribution < -0.4 is 5.32 Å². The van der Waals surface area contributed by atoms with Gasteiger partial charge in [0.2, 0.25) is 0 Å². The molecule has 0 amide bonds. The summed E-state index contributed by atoms with van der Waals surface area (Å²) in [6, 6.07) is 0.578. The zero-order chi connectivity index (χ0) is 13.8. The Labute approximate surface area is 120 Å². The van der Waals surface area contributed by atoms with Crippen LogP contribution in [0.1, 0.15) is 42.5 Å². The molecule has 19 heavy (non-hydrogen) atoms. The van der Waals surface area contributed by atoms with Gasteiger partial charge in [-0.2, -0.15) is 0 Å². The highest BCUT2D eigenvalue weighted by Crippen LogP contribution is 2.29. The van der Waals surface area contributed by atoms with Crippen molar-refractivity contribution in [2.75, 3.05) is 26.7 Å². The van der Waals surface area contributed by atoms with Crippen molar-refractivity contribution in [3.05, 3.63) is 15.6 Å². The molecule has 0 spiro atoms. The van der Waals surface area contributed by atoms with Gasteiger partial charge in [0, 0.05) is 30.6 Å². The van der Waals surface area contributed by atoms with Gasteiger partial charge in [0.15, 0.2) is 0 Å². The van der Waals surface area contributed by atoms with Gasteiger partial charge in [0.1, 0.15) is 11.1 Å². The number of nitrogens with one attached hydrogen (secondary N) is 1. The maximum atomic E-state index is 5.92. The summed E-state index contributed by atoms with van der Waals surface area (Å²) < 4.78 is 5.92. The number of hydrogen-bond acceptors (Lipinski definition) is 5. The second-order valence-corrected chi connectivity index (χ2v) is 6.37. The third-order valence-corrected chi connectivity index (χ3v) is 4.76. The van der Waals surface area contributed by atoms with E-state index in [0.717, 1.165) is 37.7 Å². The van der Waals surface area contributed by atoms with Crippen LogP contribution in [0.4, 0.5) is 0 Å². The first-order valence-electron chi connectivity index (χ1n) is 7.14. The predicted molar refractivity (Wildman–Crippen MR) is 79.7 cm³/mol. The van der Waals surface area contributed by atoms with E-state index >= 15 is 0 Å². The van der Waals surface area contributed by atoms with Crippen LogP contribution in [-0.2, 0) is 17.7 Å². The lowest BCUT2D eigenvalue weighted by Crippen LogP contribution is -2.42. The SMILES string of the molecule is CCc1nc(C2CN(C(C)C)CCO2)sc1CNC. The molecule has 108 valence electrons. The molecular formula is C14H25N3OS. The first-order valence-corrected chi connectivity index (χ1v) is 7.96. The maximum Gasteiger partial charge on any atom is 0.123 e. The molecule has 2 rings (SSSR count). The average Bonchev–Trinajstić information content (AvgIpc) is 2.82. The van der Waals surface area contributed by atoms with Crippen molar-refractivity contribution < 1.29 is 4.74 Å².